The van der Waals surface area contributed by atoms with Crippen molar-refractivity contribution in [3.63, 3.8) is 0 Å². The zero-order chi connectivity index (χ0) is 12.3. The van der Waals surface area contributed by atoms with E-state index in [0.717, 1.165) is 11.3 Å². The van der Waals surface area contributed by atoms with Crippen LogP contribution >= 0.6 is 11.3 Å². The monoisotopic (exact) mass is 267 g/mol. The molecule has 0 unspecified atom stereocenters. The van der Waals surface area contributed by atoms with Crippen LogP contribution in [0.25, 0.3) is 0 Å². The molecule has 1 heterocycles. The Hall–Kier alpha value is -1.66. The van der Waals surface area contributed by atoms with Gasteiger partial charge in [-0.15, -0.1) is 11.3 Å². The Morgan fingerprint density at radius 3 is 2.35 bits per heavy atom. The van der Waals surface area contributed by atoms with Crippen molar-refractivity contribution in [3.8, 4) is 0 Å². The van der Waals surface area contributed by atoms with Crippen LogP contribution in [0.2, 0.25) is 0 Å². The van der Waals surface area contributed by atoms with Crippen molar-refractivity contribution >= 4 is 33.3 Å². The summed E-state index contributed by atoms with van der Waals surface area (Å²) in [6.45, 7) is 0. The van der Waals surface area contributed by atoms with Gasteiger partial charge < -0.3 is 0 Å². The van der Waals surface area contributed by atoms with Gasteiger partial charge in [0, 0.05) is 11.3 Å². The highest BCUT2D eigenvalue weighted by Crippen LogP contribution is 2.20. The van der Waals surface area contributed by atoms with Gasteiger partial charge in [-0.2, -0.15) is 0 Å². The predicted octanol–water partition coefficient (Wildman–Crippen LogP) is 2.36. The summed E-state index contributed by atoms with van der Waals surface area (Å²) in [5.41, 5.74) is 0.938. The molecule has 0 bridgehead atoms. The van der Waals surface area contributed by atoms with Crippen LogP contribution in [0.5, 0.6) is 0 Å². The van der Waals surface area contributed by atoms with Crippen molar-refractivity contribution in [1.82, 2.24) is 0 Å². The van der Waals surface area contributed by atoms with Gasteiger partial charge in [-0.25, -0.2) is 8.42 Å². The van der Waals surface area contributed by atoms with E-state index in [4.69, 9.17) is 0 Å². The molecular formula is C11H9NO3S2. The Morgan fingerprint density at radius 1 is 1.12 bits per heavy atom. The Balaban J connectivity index is 2.23. The van der Waals surface area contributed by atoms with Crippen molar-refractivity contribution in [1.29, 1.82) is 0 Å². The van der Waals surface area contributed by atoms with E-state index >= 15 is 0 Å². The lowest BCUT2D eigenvalue weighted by atomic mass is 10.2. The minimum absolute atomic E-state index is 0.261. The minimum Gasteiger partial charge on any atom is -0.298 e. The van der Waals surface area contributed by atoms with Gasteiger partial charge in [-0.05, 0) is 35.7 Å². The van der Waals surface area contributed by atoms with Gasteiger partial charge in [0.05, 0.1) is 0 Å². The summed E-state index contributed by atoms with van der Waals surface area (Å²) in [6, 6.07) is 9.42. The maximum absolute atomic E-state index is 11.8. The lowest BCUT2D eigenvalue weighted by molar-refractivity contribution is 0.112. The quantitative estimate of drug-likeness (QED) is 0.865. The molecule has 0 spiro atoms. The van der Waals surface area contributed by atoms with Gasteiger partial charge in [0.25, 0.3) is 10.0 Å². The summed E-state index contributed by atoms with van der Waals surface area (Å²) < 4.78 is 26.4. The van der Waals surface area contributed by atoms with Crippen molar-refractivity contribution in [2.75, 3.05) is 4.72 Å². The van der Waals surface area contributed by atoms with E-state index in [1.807, 2.05) is 0 Å². The molecule has 0 radical (unpaired) electrons. The topological polar surface area (TPSA) is 63.2 Å². The first-order valence-electron chi connectivity index (χ1n) is 4.73. The number of hydrogen-bond acceptors (Lipinski definition) is 4. The molecule has 0 amide bonds. The SMILES string of the molecule is O=Cc1ccc(NS(=O)(=O)c2cccs2)cc1. The van der Waals surface area contributed by atoms with Crippen LogP contribution in [0, 0.1) is 0 Å². The van der Waals surface area contributed by atoms with Crippen LogP contribution in [0.15, 0.2) is 46.0 Å². The molecular weight excluding hydrogens is 258 g/mol. The van der Waals surface area contributed by atoms with Crippen molar-refractivity contribution in [2.45, 2.75) is 4.21 Å². The van der Waals surface area contributed by atoms with E-state index in [9.17, 15) is 13.2 Å². The van der Waals surface area contributed by atoms with Crippen LogP contribution in [0.1, 0.15) is 10.4 Å². The van der Waals surface area contributed by atoms with E-state index in [1.54, 1.807) is 35.7 Å². The van der Waals surface area contributed by atoms with Crippen LogP contribution in [0.3, 0.4) is 0 Å². The van der Waals surface area contributed by atoms with Crippen molar-refractivity contribution < 1.29 is 13.2 Å². The summed E-state index contributed by atoms with van der Waals surface area (Å²) in [7, 11) is -3.51. The second-order valence-corrected chi connectivity index (χ2v) is 6.13. The number of sulfonamides is 1. The molecule has 0 fully saturated rings. The maximum Gasteiger partial charge on any atom is 0.271 e. The molecule has 0 aliphatic heterocycles. The summed E-state index contributed by atoms with van der Waals surface area (Å²) in [6.07, 6.45) is 0.706. The number of hydrogen-bond donors (Lipinski definition) is 1. The Labute approximate surface area is 103 Å². The summed E-state index contributed by atoms with van der Waals surface area (Å²) in [4.78, 5) is 10.5. The van der Waals surface area contributed by atoms with E-state index in [0.29, 0.717) is 17.5 Å². The molecule has 2 aromatic rings. The molecule has 1 aromatic carbocycles. The lowest BCUT2D eigenvalue weighted by Gasteiger charge is -2.05. The second kappa shape index (κ2) is 4.68. The fraction of sp³-hybridized carbons (Fsp3) is 0. The molecule has 2 rings (SSSR count). The van der Waals surface area contributed by atoms with Crippen LogP contribution < -0.4 is 4.72 Å². The molecule has 0 aliphatic rings. The van der Waals surface area contributed by atoms with Crippen LogP contribution in [-0.4, -0.2) is 14.7 Å². The van der Waals surface area contributed by atoms with Gasteiger partial charge in [0.2, 0.25) is 0 Å². The van der Waals surface area contributed by atoms with Gasteiger partial charge in [0.1, 0.15) is 10.5 Å². The van der Waals surface area contributed by atoms with E-state index < -0.39 is 10.0 Å². The molecule has 6 heteroatoms. The Kier molecular flexibility index (Phi) is 3.26. The third-order valence-corrected chi connectivity index (χ3v) is 4.84. The zero-order valence-corrected chi connectivity index (χ0v) is 10.3. The summed E-state index contributed by atoms with van der Waals surface area (Å²) >= 11 is 1.15. The third-order valence-electron chi connectivity index (χ3n) is 2.06. The predicted molar refractivity (Wildman–Crippen MR) is 67.0 cm³/mol. The second-order valence-electron chi connectivity index (χ2n) is 3.28. The number of carbonyl (C=O) groups excluding carboxylic acids is 1. The molecule has 0 saturated heterocycles. The number of rotatable bonds is 4. The van der Waals surface area contributed by atoms with Gasteiger partial charge in [-0.1, -0.05) is 6.07 Å². The molecule has 88 valence electrons. The number of benzene rings is 1. The molecule has 1 N–H and O–H groups in total. The first-order chi connectivity index (χ1) is 8.12. The molecule has 1 aromatic heterocycles. The number of carbonyl (C=O) groups is 1. The van der Waals surface area contributed by atoms with Gasteiger partial charge in [-0.3, -0.25) is 9.52 Å². The lowest BCUT2D eigenvalue weighted by Crippen LogP contribution is -2.11. The number of anilines is 1. The Bertz CT molecular complexity index is 601. The maximum atomic E-state index is 11.8. The minimum atomic E-state index is -3.51. The smallest absolute Gasteiger partial charge is 0.271 e. The highest BCUT2D eigenvalue weighted by atomic mass is 32.2. The zero-order valence-electron chi connectivity index (χ0n) is 8.66. The van der Waals surface area contributed by atoms with E-state index in [2.05, 4.69) is 4.72 Å². The molecule has 4 nitrogen and oxygen atoms in total. The average Bonchev–Trinajstić information content (AvgIpc) is 2.84. The van der Waals surface area contributed by atoms with Crippen molar-refractivity contribution in [2.24, 2.45) is 0 Å². The number of aldehydes is 1. The van der Waals surface area contributed by atoms with Gasteiger partial charge in [0.15, 0.2) is 0 Å². The first kappa shape index (κ1) is 11.8. The number of thiophene rings is 1. The molecule has 0 aliphatic carbocycles. The van der Waals surface area contributed by atoms with E-state index in [-0.39, 0.29) is 4.21 Å². The molecule has 0 saturated carbocycles. The summed E-state index contributed by atoms with van der Waals surface area (Å²) in [5, 5.41) is 1.70. The Morgan fingerprint density at radius 2 is 1.82 bits per heavy atom. The molecule has 17 heavy (non-hydrogen) atoms. The highest BCUT2D eigenvalue weighted by molar-refractivity contribution is 7.94. The van der Waals surface area contributed by atoms with Crippen LogP contribution in [0.4, 0.5) is 5.69 Å². The highest BCUT2D eigenvalue weighted by Gasteiger charge is 2.14. The fourth-order valence-electron chi connectivity index (χ4n) is 1.25. The van der Waals surface area contributed by atoms with Crippen LogP contribution in [-0.2, 0) is 10.0 Å². The van der Waals surface area contributed by atoms with Crippen molar-refractivity contribution in [3.05, 3.63) is 47.3 Å². The molecule has 0 atom stereocenters. The largest absolute Gasteiger partial charge is 0.298 e. The van der Waals surface area contributed by atoms with E-state index in [1.165, 1.54) is 6.07 Å². The van der Waals surface area contributed by atoms with Gasteiger partial charge >= 0.3 is 0 Å². The standard InChI is InChI=1S/C11H9NO3S2/c13-8-9-3-5-10(6-4-9)12-17(14,15)11-2-1-7-16-11/h1-8,12H. The fourth-order valence-corrected chi connectivity index (χ4v) is 3.30. The third kappa shape index (κ3) is 2.72. The number of nitrogens with one attached hydrogen (secondary N) is 1. The normalized spacial score (nSPS) is 11.1. The summed E-state index contributed by atoms with van der Waals surface area (Å²) in [5.74, 6) is 0. The average molecular weight is 267 g/mol. The first-order valence-corrected chi connectivity index (χ1v) is 7.10.